The van der Waals surface area contributed by atoms with E-state index in [4.69, 9.17) is 5.73 Å². The highest BCUT2D eigenvalue weighted by molar-refractivity contribution is 5.44. The van der Waals surface area contributed by atoms with E-state index in [-0.39, 0.29) is 5.54 Å². The minimum Gasteiger partial charge on any atom is -0.325 e. The van der Waals surface area contributed by atoms with Crippen LogP contribution in [0.25, 0.3) is 0 Å². The fraction of sp³-hybridized carbons (Fsp3) is 0.500. The normalized spacial score (nSPS) is 40.8. The van der Waals surface area contributed by atoms with Gasteiger partial charge in [-0.2, -0.15) is 0 Å². The first-order valence-electron chi connectivity index (χ1n) is 4.99. The van der Waals surface area contributed by atoms with Crippen LogP contribution in [0.2, 0.25) is 0 Å². The molecule has 0 radical (unpaired) electrons. The molecule has 0 aliphatic heterocycles. The highest BCUT2D eigenvalue weighted by Crippen LogP contribution is 2.66. The predicted molar refractivity (Wildman–Crippen MR) is 53.6 cm³/mol. The van der Waals surface area contributed by atoms with Gasteiger partial charge in [0, 0.05) is 11.0 Å². The highest BCUT2D eigenvalue weighted by atomic mass is 14.9. The Morgan fingerprint density at radius 1 is 1.15 bits per heavy atom. The van der Waals surface area contributed by atoms with Crippen LogP contribution in [0.4, 0.5) is 0 Å². The smallest absolute Gasteiger partial charge is 0.0179 e. The van der Waals surface area contributed by atoms with Gasteiger partial charge in [-0.15, -0.1) is 0 Å². The lowest BCUT2D eigenvalue weighted by molar-refractivity contribution is -0.0594. The summed E-state index contributed by atoms with van der Waals surface area (Å²) in [5, 5.41) is 0. The molecule has 0 spiro atoms. The molecular formula is C12H15N. The van der Waals surface area contributed by atoms with Crippen LogP contribution in [0, 0.1) is 6.92 Å². The lowest BCUT2D eigenvalue weighted by Gasteiger charge is -2.69. The monoisotopic (exact) mass is 173 g/mol. The van der Waals surface area contributed by atoms with Crippen LogP contribution in [0.5, 0.6) is 0 Å². The van der Waals surface area contributed by atoms with Gasteiger partial charge in [-0.3, -0.25) is 0 Å². The third-order valence-electron chi connectivity index (χ3n) is 3.79. The van der Waals surface area contributed by atoms with E-state index in [1.54, 1.807) is 5.56 Å². The van der Waals surface area contributed by atoms with Crippen molar-refractivity contribution in [3.05, 3.63) is 35.4 Å². The summed E-state index contributed by atoms with van der Waals surface area (Å²) in [7, 11) is 0. The van der Waals surface area contributed by atoms with Crippen molar-refractivity contribution in [2.45, 2.75) is 37.1 Å². The first-order chi connectivity index (χ1) is 6.14. The standard InChI is InChI=1S/C12H15N/c1-9-4-2-3-5-10(9)11-6-12(13,7-11)8-11/h2-5H,6-8,13H2,1H3. The molecule has 1 heteroatoms. The minimum absolute atomic E-state index is 0.224. The first kappa shape index (κ1) is 7.57. The van der Waals surface area contributed by atoms with Crippen molar-refractivity contribution >= 4 is 0 Å². The van der Waals surface area contributed by atoms with E-state index in [9.17, 15) is 0 Å². The van der Waals surface area contributed by atoms with E-state index in [2.05, 4.69) is 31.2 Å². The Bertz CT molecular complexity index is 347. The molecule has 3 saturated carbocycles. The number of benzene rings is 1. The van der Waals surface area contributed by atoms with Crippen molar-refractivity contribution in [2.24, 2.45) is 5.73 Å². The molecule has 3 aliphatic carbocycles. The number of hydrogen-bond donors (Lipinski definition) is 1. The molecule has 2 N–H and O–H groups in total. The average Bonchev–Trinajstić information content (AvgIpc) is 1.99. The second kappa shape index (κ2) is 1.98. The molecule has 0 aromatic heterocycles. The summed E-state index contributed by atoms with van der Waals surface area (Å²) in [6.45, 7) is 2.21. The molecule has 1 nitrogen and oxygen atoms in total. The van der Waals surface area contributed by atoms with Gasteiger partial charge in [0.1, 0.15) is 0 Å². The Morgan fingerprint density at radius 2 is 1.77 bits per heavy atom. The van der Waals surface area contributed by atoms with Crippen molar-refractivity contribution in [2.75, 3.05) is 0 Å². The van der Waals surface area contributed by atoms with Crippen molar-refractivity contribution in [3.63, 3.8) is 0 Å². The number of nitrogens with two attached hydrogens (primary N) is 1. The van der Waals surface area contributed by atoms with Gasteiger partial charge in [0.2, 0.25) is 0 Å². The molecule has 0 saturated heterocycles. The lowest BCUT2D eigenvalue weighted by atomic mass is 9.37. The number of rotatable bonds is 1. The second-order valence-electron chi connectivity index (χ2n) is 4.99. The molecule has 0 heterocycles. The Kier molecular flexibility index (Phi) is 1.15. The van der Waals surface area contributed by atoms with E-state index in [1.807, 2.05) is 0 Å². The maximum absolute atomic E-state index is 6.06. The van der Waals surface area contributed by atoms with Crippen LogP contribution < -0.4 is 5.73 Å². The molecule has 4 rings (SSSR count). The van der Waals surface area contributed by atoms with Crippen LogP contribution in [-0.4, -0.2) is 5.54 Å². The zero-order valence-corrected chi connectivity index (χ0v) is 8.01. The Morgan fingerprint density at radius 3 is 2.31 bits per heavy atom. The largest absolute Gasteiger partial charge is 0.325 e. The predicted octanol–water partition coefficient (Wildman–Crippen LogP) is 2.13. The van der Waals surface area contributed by atoms with Gasteiger partial charge in [0.05, 0.1) is 0 Å². The number of aryl methyl sites for hydroxylation is 1. The van der Waals surface area contributed by atoms with Crippen LogP contribution in [0.3, 0.4) is 0 Å². The van der Waals surface area contributed by atoms with Crippen molar-refractivity contribution in [1.82, 2.24) is 0 Å². The molecule has 13 heavy (non-hydrogen) atoms. The van der Waals surface area contributed by atoms with E-state index >= 15 is 0 Å². The lowest BCUT2D eigenvalue weighted by Crippen LogP contribution is -2.74. The summed E-state index contributed by atoms with van der Waals surface area (Å²) >= 11 is 0. The molecule has 0 amide bonds. The van der Waals surface area contributed by atoms with E-state index < -0.39 is 0 Å². The van der Waals surface area contributed by atoms with E-state index in [1.165, 1.54) is 24.8 Å². The maximum atomic E-state index is 6.06. The Balaban J connectivity index is 1.99. The minimum atomic E-state index is 0.224. The van der Waals surface area contributed by atoms with Crippen molar-refractivity contribution in [1.29, 1.82) is 0 Å². The van der Waals surface area contributed by atoms with Crippen molar-refractivity contribution in [3.8, 4) is 0 Å². The van der Waals surface area contributed by atoms with Crippen LogP contribution in [-0.2, 0) is 5.41 Å². The molecular weight excluding hydrogens is 158 g/mol. The fourth-order valence-electron chi connectivity index (χ4n) is 3.32. The van der Waals surface area contributed by atoms with Gasteiger partial charge in [0.25, 0.3) is 0 Å². The molecule has 1 aromatic rings. The molecule has 1 aromatic carbocycles. The van der Waals surface area contributed by atoms with Gasteiger partial charge in [0.15, 0.2) is 0 Å². The van der Waals surface area contributed by atoms with Crippen LogP contribution >= 0.6 is 0 Å². The van der Waals surface area contributed by atoms with Crippen LogP contribution in [0.1, 0.15) is 30.4 Å². The average molecular weight is 173 g/mol. The molecule has 3 fully saturated rings. The molecule has 0 atom stereocenters. The quantitative estimate of drug-likeness (QED) is 0.691. The zero-order valence-electron chi connectivity index (χ0n) is 8.01. The third kappa shape index (κ3) is 0.806. The van der Waals surface area contributed by atoms with Gasteiger partial charge in [-0.1, -0.05) is 24.3 Å². The number of hydrogen-bond acceptors (Lipinski definition) is 1. The van der Waals surface area contributed by atoms with E-state index in [0.717, 1.165) is 0 Å². The summed E-state index contributed by atoms with van der Waals surface area (Å²) in [4.78, 5) is 0. The van der Waals surface area contributed by atoms with E-state index in [0.29, 0.717) is 5.41 Å². The highest BCUT2D eigenvalue weighted by Gasteiger charge is 2.66. The van der Waals surface area contributed by atoms with Gasteiger partial charge >= 0.3 is 0 Å². The second-order valence-corrected chi connectivity index (χ2v) is 4.99. The SMILES string of the molecule is Cc1ccccc1C12CC(N)(C1)C2. The van der Waals surface area contributed by atoms with Crippen molar-refractivity contribution < 1.29 is 0 Å². The van der Waals surface area contributed by atoms with Gasteiger partial charge < -0.3 is 5.73 Å². The molecule has 3 aliphatic rings. The summed E-state index contributed by atoms with van der Waals surface area (Å²) in [6, 6.07) is 8.74. The fourth-order valence-corrected chi connectivity index (χ4v) is 3.32. The summed E-state index contributed by atoms with van der Waals surface area (Å²) in [6.07, 6.45) is 3.64. The topological polar surface area (TPSA) is 26.0 Å². The Hall–Kier alpha value is -0.820. The van der Waals surface area contributed by atoms with Crippen LogP contribution in [0.15, 0.2) is 24.3 Å². The Labute approximate surface area is 78.9 Å². The maximum Gasteiger partial charge on any atom is 0.0179 e. The zero-order chi connectivity index (χ0) is 9.10. The summed E-state index contributed by atoms with van der Waals surface area (Å²) in [5.41, 5.74) is 9.75. The van der Waals surface area contributed by atoms with Gasteiger partial charge in [-0.05, 0) is 37.3 Å². The third-order valence-corrected chi connectivity index (χ3v) is 3.79. The van der Waals surface area contributed by atoms with Gasteiger partial charge in [-0.25, -0.2) is 0 Å². The first-order valence-corrected chi connectivity index (χ1v) is 4.99. The molecule has 0 unspecified atom stereocenters. The summed E-state index contributed by atoms with van der Waals surface area (Å²) < 4.78 is 0. The summed E-state index contributed by atoms with van der Waals surface area (Å²) in [5.74, 6) is 0. The molecule has 2 bridgehead atoms. The molecule has 68 valence electrons.